The number of nitrogens with zero attached hydrogens (tertiary/aromatic N) is 2. The fourth-order valence-electron chi connectivity index (χ4n) is 2.91. The van der Waals surface area contributed by atoms with Crippen LogP contribution in [0.2, 0.25) is 0 Å². The highest BCUT2D eigenvalue weighted by Gasteiger charge is 2.15. The van der Waals surface area contributed by atoms with Crippen molar-refractivity contribution in [2.75, 3.05) is 7.11 Å². The fourth-order valence-corrected chi connectivity index (χ4v) is 2.91. The van der Waals surface area contributed by atoms with E-state index in [2.05, 4.69) is 10.1 Å². The molecule has 29 heavy (non-hydrogen) atoms. The summed E-state index contributed by atoms with van der Waals surface area (Å²) in [6.45, 7) is 3.95. The molecule has 6 heteroatoms. The maximum absolute atomic E-state index is 12.5. The maximum Gasteiger partial charge on any atom is 0.181 e. The summed E-state index contributed by atoms with van der Waals surface area (Å²) in [6.07, 6.45) is 1.09. The monoisotopic (exact) mass is 392 g/mol. The van der Waals surface area contributed by atoms with Crippen molar-refractivity contribution in [3.8, 4) is 17.1 Å². The number of carbonyl (C=O) groups excluding carboxylic acids is 2. The summed E-state index contributed by atoms with van der Waals surface area (Å²) in [5.74, 6) is 1.47. The lowest BCUT2D eigenvalue weighted by Crippen LogP contribution is -2.10. The van der Waals surface area contributed by atoms with Crippen LogP contribution in [0.1, 0.15) is 53.4 Å². The maximum atomic E-state index is 12.5. The zero-order chi connectivity index (χ0) is 20.8. The smallest absolute Gasteiger partial charge is 0.181 e. The highest BCUT2D eigenvalue weighted by Crippen LogP contribution is 2.23. The molecule has 0 bridgehead atoms. The Labute approximate surface area is 169 Å². The first-order chi connectivity index (χ1) is 14.0. The SMILES string of the molecule is COc1ccc(-c2cc(CCC(=O)c3cccc(C(=O)CC(C)C)n3)no2)cc1. The molecule has 150 valence electrons. The van der Waals surface area contributed by atoms with Gasteiger partial charge in [-0.15, -0.1) is 0 Å². The van der Waals surface area contributed by atoms with Crippen LogP contribution in [-0.4, -0.2) is 28.8 Å². The molecule has 0 aliphatic heterocycles. The molecule has 0 saturated heterocycles. The van der Waals surface area contributed by atoms with E-state index < -0.39 is 0 Å². The van der Waals surface area contributed by atoms with Gasteiger partial charge in [-0.3, -0.25) is 9.59 Å². The predicted octanol–water partition coefficient (Wildman–Crippen LogP) is 4.79. The highest BCUT2D eigenvalue weighted by atomic mass is 16.5. The first kappa shape index (κ1) is 20.5. The van der Waals surface area contributed by atoms with Crippen LogP contribution in [-0.2, 0) is 6.42 Å². The number of hydrogen-bond donors (Lipinski definition) is 0. The van der Waals surface area contributed by atoms with Gasteiger partial charge in [0, 0.05) is 30.9 Å². The first-order valence-electron chi connectivity index (χ1n) is 9.59. The highest BCUT2D eigenvalue weighted by molar-refractivity contribution is 5.98. The zero-order valence-electron chi connectivity index (χ0n) is 16.8. The Hall–Kier alpha value is -3.28. The minimum atomic E-state index is -0.127. The van der Waals surface area contributed by atoms with Crippen LogP contribution in [0.3, 0.4) is 0 Å². The van der Waals surface area contributed by atoms with E-state index in [1.807, 2.05) is 44.2 Å². The van der Waals surface area contributed by atoms with Gasteiger partial charge in [-0.2, -0.15) is 0 Å². The van der Waals surface area contributed by atoms with Gasteiger partial charge in [0.25, 0.3) is 0 Å². The number of ketones is 2. The molecule has 0 saturated carbocycles. The third kappa shape index (κ3) is 5.38. The van der Waals surface area contributed by atoms with Crippen LogP contribution in [0.25, 0.3) is 11.3 Å². The molecule has 1 aromatic carbocycles. The average Bonchev–Trinajstić information content (AvgIpc) is 3.20. The van der Waals surface area contributed by atoms with E-state index in [0.717, 1.165) is 11.3 Å². The molecule has 2 heterocycles. The molecule has 0 radical (unpaired) electrons. The Morgan fingerprint density at radius 2 is 1.72 bits per heavy atom. The second-order valence-corrected chi connectivity index (χ2v) is 7.26. The second-order valence-electron chi connectivity index (χ2n) is 7.26. The predicted molar refractivity (Wildman–Crippen MR) is 109 cm³/mol. The molecule has 0 unspecified atom stereocenters. The quantitative estimate of drug-likeness (QED) is 0.487. The Kier molecular flexibility index (Phi) is 6.54. The molecule has 6 nitrogen and oxygen atoms in total. The van der Waals surface area contributed by atoms with Crippen molar-refractivity contribution in [2.45, 2.75) is 33.1 Å². The molecule has 0 aliphatic rings. The van der Waals surface area contributed by atoms with Gasteiger partial charge < -0.3 is 9.26 Å². The van der Waals surface area contributed by atoms with Gasteiger partial charge in [-0.05, 0) is 42.3 Å². The molecule has 2 aromatic heterocycles. The normalized spacial score (nSPS) is 10.9. The molecule has 3 rings (SSSR count). The Morgan fingerprint density at radius 1 is 1.03 bits per heavy atom. The van der Waals surface area contributed by atoms with Gasteiger partial charge in [0.2, 0.25) is 0 Å². The van der Waals surface area contributed by atoms with E-state index in [4.69, 9.17) is 9.26 Å². The molecule has 0 spiro atoms. The Morgan fingerprint density at radius 3 is 2.38 bits per heavy atom. The van der Waals surface area contributed by atoms with E-state index >= 15 is 0 Å². The summed E-state index contributed by atoms with van der Waals surface area (Å²) in [4.78, 5) is 29.0. The third-order valence-corrected chi connectivity index (χ3v) is 4.46. The van der Waals surface area contributed by atoms with Crippen LogP contribution in [0.15, 0.2) is 53.1 Å². The number of Topliss-reactive ketones (excluding diaryl/α,β-unsaturated/α-hetero) is 2. The summed E-state index contributed by atoms with van der Waals surface area (Å²) in [6, 6.07) is 14.3. The summed E-state index contributed by atoms with van der Waals surface area (Å²) >= 11 is 0. The van der Waals surface area contributed by atoms with Gasteiger partial charge in [-0.1, -0.05) is 25.1 Å². The number of pyridine rings is 1. The van der Waals surface area contributed by atoms with Gasteiger partial charge >= 0.3 is 0 Å². The number of rotatable bonds is 9. The fraction of sp³-hybridized carbons (Fsp3) is 0.304. The van der Waals surface area contributed by atoms with Crippen LogP contribution in [0, 0.1) is 5.92 Å². The van der Waals surface area contributed by atoms with Gasteiger partial charge in [0.1, 0.15) is 17.1 Å². The van der Waals surface area contributed by atoms with E-state index in [-0.39, 0.29) is 23.9 Å². The molecular weight excluding hydrogens is 368 g/mol. The topological polar surface area (TPSA) is 82.3 Å². The van der Waals surface area contributed by atoms with Gasteiger partial charge in [-0.25, -0.2) is 4.98 Å². The third-order valence-electron chi connectivity index (χ3n) is 4.46. The van der Waals surface area contributed by atoms with Crippen molar-refractivity contribution in [1.29, 1.82) is 0 Å². The van der Waals surface area contributed by atoms with Crippen molar-refractivity contribution >= 4 is 11.6 Å². The molecule has 0 fully saturated rings. The molecule has 0 atom stereocenters. The number of aromatic nitrogens is 2. The van der Waals surface area contributed by atoms with E-state index in [1.165, 1.54) is 0 Å². The first-order valence-corrected chi connectivity index (χ1v) is 9.59. The number of hydrogen-bond acceptors (Lipinski definition) is 6. The summed E-state index contributed by atoms with van der Waals surface area (Å²) in [5.41, 5.74) is 2.22. The van der Waals surface area contributed by atoms with Gasteiger partial charge in [0.15, 0.2) is 17.3 Å². The molecule has 0 aliphatic carbocycles. The summed E-state index contributed by atoms with van der Waals surface area (Å²) < 4.78 is 10.5. The number of ether oxygens (including phenoxy) is 1. The van der Waals surface area contributed by atoms with Crippen molar-refractivity contribution in [1.82, 2.24) is 10.1 Å². The lowest BCUT2D eigenvalue weighted by Gasteiger charge is -2.05. The van der Waals surface area contributed by atoms with Crippen LogP contribution < -0.4 is 4.74 Å². The van der Waals surface area contributed by atoms with Crippen molar-refractivity contribution < 1.29 is 18.8 Å². The Balaban J connectivity index is 1.62. The van der Waals surface area contributed by atoms with E-state index in [1.54, 1.807) is 25.3 Å². The molecule has 0 amide bonds. The van der Waals surface area contributed by atoms with Crippen molar-refractivity contribution in [3.05, 3.63) is 65.6 Å². The second kappa shape index (κ2) is 9.28. The number of aryl methyl sites for hydroxylation is 1. The zero-order valence-corrected chi connectivity index (χ0v) is 16.8. The van der Waals surface area contributed by atoms with E-state index in [0.29, 0.717) is 35.7 Å². The average molecular weight is 392 g/mol. The van der Waals surface area contributed by atoms with Crippen LogP contribution >= 0.6 is 0 Å². The Bertz CT molecular complexity index is 990. The van der Waals surface area contributed by atoms with E-state index in [9.17, 15) is 9.59 Å². The lowest BCUT2D eigenvalue weighted by molar-refractivity contribution is 0.0962. The van der Waals surface area contributed by atoms with Crippen molar-refractivity contribution in [3.63, 3.8) is 0 Å². The van der Waals surface area contributed by atoms with Crippen molar-refractivity contribution in [2.24, 2.45) is 5.92 Å². The summed E-state index contributed by atoms with van der Waals surface area (Å²) in [7, 11) is 1.61. The summed E-state index contributed by atoms with van der Waals surface area (Å²) in [5, 5.41) is 4.05. The molecular formula is C23H24N2O4. The number of benzene rings is 1. The largest absolute Gasteiger partial charge is 0.497 e. The minimum Gasteiger partial charge on any atom is -0.497 e. The number of carbonyl (C=O) groups is 2. The lowest BCUT2D eigenvalue weighted by atomic mass is 10.0. The minimum absolute atomic E-state index is 0.0460. The van der Waals surface area contributed by atoms with Crippen LogP contribution in [0.4, 0.5) is 0 Å². The van der Waals surface area contributed by atoms with Gasteiger partial charge in [0.05, 0.1) is 12.8 Å². The number of methoxy groups -OCH3 is 1. The standard InChI is InChI=1S/C23H24N2O4/c1-15(2)13-22(27)20-6-4-5-19(24-20)21(26)12-9-17-14-23(29-25-17)16-7-10-18(28-3)11-8-16/h4-8,10-11,14-15H,9,12-13H2,1-3H3. The molecule has 0 N–H and O–H groups in total. The van der Waals surface area contributed by atoms with Crippen LogP contribution in [0.5, 0.6) is 5.75 Å². The molecule has 3 aromatic rings.